The second kappa shape index (κ2) is 4.90. The van der Waals surface area contributed by atoms with Crippen molar-refractivity contribution in [1.29, 1.82) is 0 Å². The van der Waals surface area contributed by atoms with Crippen LogP contribution in [0.1, 0.15) is 15.9 Å². The summed E-state index contributed by atoms with van der Waals surface area (Å²) in [6, 6.07) is 9.70. The summed E-state index contributed by atoms with van der Waals surface area (Å²) in [5, 5.41) is 4.02. The number of rotatable bonds is 3. The largest absolute Gasteiger partial charge is 0.294 e. The van der Waals surface area contributed by atoms with Crippen molar-refractivity contribution in [3.63, 3.8) is 0 Å². The molecule has 0 N–H and O–H groups in total. The number of carbonyl (C=O) groups excluding carboxylic acids is 1. The maximum absolute atomic E-state index is 11.9. The summed E-state index contributed by atoms with van der Waals surface area (Å²) in [4.78, 5) is 11.9. The van der Waals surface area contributed by atoms with Gasteiger partial charge in [0.15, 0.2) is 5.78 Å². The molecule has 0 aliphatic rings. The number of halogens is 1. The maximum atomic E-state index is 11.9. The summed E-state index contributed by atoms with van der Waals surface area (Å²) in [5.74, 6) is 0.187. The third-order valence-electron chi connectivity index (χ3n) is 2.09. The van der Waals surface area contributed by atoms with Crippen LogP contribution in [0.15, 0.2) is 41.1 Å². The molecule has 0 radical (unpaired) electrons. The standard InChI is InChI=1S/C12H9IOS/c13-11-3-1-2-10(7-11)12(14)6-9-4-5-15-8-9/h1-5,7-8H,6H2. The van der Waals surface area contributed by atoms with Crippen LogP contribution in [0.5, 0.6) is 0 Å². The molecule has 76 valence electrons. The lowest BCUT2D eigenvalue weighted by molar-refractivity contribution is 0.0993. The van der Waals surface area contributed by atoms with Crippen LogP contribution >= 0.6 is 33.9 Å². The third kappa shape index (κ3) is 2.89. The number of carbonyl (C=O) groups is 1. The van der Waals surface area contributed by atoms with E-state index in [0.717, 1.165) is 14.7 Å². The number of ketones is 1. The highest BCUT2D eigenvalue weighted by Crippen LogP contribution is 2.13. The topological polar surface area (TPSA) is 17.1 Å². The minimum Gasteiger partial charge on any atom is -0.294 e. The molecule has 0 spiro atoms. The van der Waals surface area contributed by atoms with Gasteiger partial charge in [-0.3, -0.25) is 4.79 Å². The molecule has 15 heavy (non-hydrogen) atoms. The van der Waals surface area contributed by atoms with Crippen LogP contribution in [-0.2, 0) is 6.42 Å². The molecule has 0 aliphatic heterocycles. The van der Waals surface area contributed by atoms with E-state index >= 15 is 0 Å². The Morgan fingerprint density at radius 3 is 2.87 bits per heavy atom. The number of hydrogen-bond acceptors (Lipinski definition) is 2. The van der Waals surface area contributed by atoms with Gasteiger partial charge < -0.3 is 0 Å². The molecule has 2 aromatic rings. The number of hydrogen-bond donors (Lipinski definition) is 0. The minimum absolute atomic E-state index is 0.187. The Morgan fingerprint density at radius 2 is 2.20 bits per heavy atom. The third-order valence-corrected chi connectivity index (χ3v) is 3.49. The van der Waals surface area contributed by atoms with E-state index in [2.05, 4.69) is 22.6 Å². The SMILES string of the molecule is O=C(Cc1ccsc1)c1cccc(I)c1. The van der Waals surface area contributed by atoms with Crippen LogP contribution < -0.4 is 0 Å². The van der Waals surface area contributed by atoms with E-state index < -0.39 is 0 Å². The smallest absolute Gasteiger partial charge is 0.167 e. The second-order valence-electron chi connectivity index (χ2n) is 3.24. The van der Waals surface area contributed by atoms with Crippen molar-refractivity contribution in [3.8, 4) is 0 Å². The van der Waals surface area contributed by atoms with E-state index in [0.29, 0.717) is 6.42 Å². The van der Waals surface area contributed by atoms with Gasteiger partial charge in [-0.15, -0.1) is 0 Å². The highest BCUT2D eigenvalue weighted by Gasteiger charge is 2.07. The van der Waals surface area contributed by atoms with Gasteiger partial charge in [-0.1, -0.05) is 12.1 Å². The number of Topliss-reactive ketones (excluding diaryl/α,β-unsaturated/α-hetero) is 1. The first-order valence-electron chi connectivity index (χ1n) is 4.55. The highest BCUT2D eigenvalue weighted by atomic mass is 127. The zero-order valence-corrected chi connectivity index (χ0v) is 10.9. The van der Waals surface area contributed by atoms with Gasteiger partial charge in [-0.05, 0) is 57.1 Å². The minimum atomic E-state index is 0.187. The van der Waals surface area contributed by atoms with Gasteiger partial charge in [-0.25, -0.2) is 0 Å². The average molecular weight is 328 g/mol. The summed E-state index contributed by atoms with van der Waals surface area (Å²) in [7, 11) is 0. The molecular weight excluding hydrogens is 319 g/mol. The molecule has 2 rings (SSSR count). The molecule has 0 amide bonds. The molecule has 1 aromatic carbocycles. The molecular formula is C12H9IOS. The van der Waals surface area contributed by atoms with E-state index in [9.17, 15) is 4.79 Å². The van der Waals surface area contributed by atoms with Crippen molar-refractivity contribution in [2.75, 3.05) is 0 Å². The molecule has 3 heteroatoms. The van der Waals surface area contributed by atoms with Gasteiger partial charge >= 0.3 is 0 Å². The molecule has 0 aliphatic carbocycles. The van der Waals surface area contributed by atoms with Crippen molar-refractivity contribution < 1.29 is 4.79 Å². The fraction of sp³-hybridized carbons (Fsp3) is 0.0833. The van der Waals surface area contributed by atoms with E-state index in [1.807, 2.05) is 41.1 Å². The second-order valence-corrected chi connectivity index (χ2v) is 5.27. The van der Waals surface area contributed by atoms with E-state index in [4.69, 9.17) is 0 Å². The Labute approximate surface area is 106 Å². The summed E-state index contributed by atoms with van der Waals surface area (Å²) < 4.78 is 1.10. The van der Waals surface area contributed by atoms with Gasteiger partial charge in [0, 0.05) is 15.6 Å². The lowest BCUT2D eigenvalue weighted by Gasteiger charge is -1.99. The Morgan fingerprint density at radius 1 is 1.33 bits per heavy atom. The first-order chi connectivity index (χ1) is 7.25. The van der Waals surface area contributed by atoms with Crippen LogP contribution in [0.2, 0.25) is 0 Å². The number of thiophene rings is 1. The molecule has 1 nitrogen and oxygen atoms in total. The Hall–Kier alpha value is -0.680. The van der Waals surface area contributed by atoms with E-state index in [-0.39, 0.29) is 5.78 Å². The normalized spacial score (nSPS) is 10.2. The first-order valence-corrected chi connectivity index (χ1v) is 6.58. The van der Waals surface area contributed by atoms with Crippen molar-refractivity contribution >= 4 is 39.7 Å². The van der Waals surface area contributed by atoms with Crippen molar-refractivity contribution in [2.45, 2.75) is 6.42 Å². The average Bonchev–Trinajstić information content (AvgIpc) is 2.70. The van der Waals surface area contributed by atoms with Crippen molar-refractivity contribution in [1.82, 2.24) is 0 Å². The zero-order valence-electron chi connectivity index (χ0n) is 7.94. The molecule has 0 bridgehead atoms. The fourth-order valence-electron chi connectivity index (χ4n) is 1.34. The van der Waals surface area contributed by atoms with Crippen molar-refractivity contribution in [3.05, 3.63) is 55.8 Å². The lowest BCUT2D eigenvalue weighted by Crippen LogP contribution is -2.02. The van der Waals surface area contributed by atoms with Gasteiger partial charge in [0.05, 0.1) is 0 Å². The van der Waals surface area contributed by atoms with Crippen LogP contribution in [0.3, 0.4) is 0 Å². The fourth-order valence-corrected chi connectivity index (χ4v) is 2.55. The lowest BCUT2D eigenvalue weighted by atomic mass is 10.1. The van der Waals surface area contributed by atoms with E-state index in [1.54, 1.807) is 11.3 Å². The molecule has 0 unspecified atom stereocenters. The Balaban J connectivity index is 2.15. The Kier molecular flexibility index (Phi) is 3.53. The first kappa shape index (κ1) is 10.8. The van der Waals surface area contributed by atoms with Crippen molar-refractivity contribution in [2.24, 2.45) is 0 Å². The molecule has 1 heterocycles. The maximum Gasteiger partial charge on any atom is 0.167 e. The summed E-state index contributed by atoms with van der Waals surface area (Å²) in [6.45, 7) is 0. The molecule has 0 saturated heterocycles. The monoisotopic (exact) mass is 328 g/mol. The number of benzene rings is 1. The van der Waals surface area contributed by atoms with Gasteiger partial charge in [0.25, 0.3) is 0 Å². The predicted molar refractivity (Wildman–Crippen MR) is 71.5 cm³/mol. The van der Waals surface area contributed by atoms with Crippen LogP contribution in [-0.4, -0.2) is 5.78 Å². The van der Waals surface area contributed by atoms with Crippen LogP contribution in [0, 0.1) is 3.57 Å². The predicted octanol–water partition coefficient (Wildman–Crippen LogP) is 3.78. The summed E-state index contributed by atoms with van der Waals surface area (Å²) >= 11 is 3.84. The van der Waals surface area contributed by atoms with Gasteiger partial charge in [0.2, 0.25) is 0 Å². The Bertz CT molecular complexity index is 462. The molecule has 0 saturated carbocycles. The molecule has 1 aromatic heterocycles. The highest BCUT2D eigenvalue weighted by molar-refractivity contribution is 14.1. The summed E-state index contributed by atoms with van der Waals surface area (Å²) in [6.07, 6.45) is 0.504. The van der Waals surface area contributed by atoms with Gasteiger partial charge in [-0.2, -0.15) is 11.3 Å². The van der Waals surface area contributed by atoms with Crippen LogP contribution in [0.25, 0.3) is 0 Å². The quantitative estimate of drug-likeness (QED) is 0.619. The van der Waals surface area contributed by atoms with E-state index in [1.165, 1.54) is 0 Å². The zero-order chi connectivity index (χ0) is 10.7. The molecule has 0 fully saturated rings. The van der Waals surface area contributed by atoms with Crippen LogP contribution in [0.4, 0.5) is 0 Å². The molecule has 0 atom stereocenters. The summed E-state index contributed by atoms with van der Waals surface area (Å²) in [5.41, 5.74) is 1.90. The van der Waals surface area contributed by atoms with Gasteiger partial charge in [0.1, 0.15) is 0 Å².